The molecule has 0 spiro atoms. The number of hydrogen-bond acceptors (Lipinski definition) is 6. The molecule has 1 aliphatic heterocycles. The van der Waals surface area contributed by atoms with Crippen LogP contribution >= 0.6 is 0 Å². The van der Waals surface area contributed by atoms with Crippen molar-refractivity contribution in [3.8, 4) is 0 Å². The Labute approximate surface area is 115 Å². The minimum atomic E-state index is -1.10. The second kappa shape index (κ2) is 5.83. The summed E-state index contributed by atoms with van der Waals surface area (Å²) < 4.78 is 5.19. The van der Waals surface area contributed by atoms with Gasteiger partial charge in [-0.15, -0.1) is 10.2 Å². The van der Waals surface area contributed by atoms with Gasteiger partial charge in [-0.1, -0.05) is 0 Å². The number of aromatic nitrogens is 2. The number of carbonyl (C=O) groups excluding carboxylic acids is 1. The van der Waals surface area contributed by atoms with Gasteiger partial charge in [0.25, 0.3) is 5.91 Å². The van der Waals surface area contributed by atoms with Crippen LogP contribution in [0.4, 0.5) is 5.82 Å². The highest BCUT2D eigenvalue weighted by Crippen LogP contribution is 2.25. The summed E-state index contributed by atoms with van der Waals surface area (Å²) in [5, 5.41) is 22.3. The fourth-order valence-corrected chi connectivity index (χ4v) is 2.01. The number of hydrogen-bond donors (Lipinski definition) is 3. The quantitative estimate of drug-likeness (QED) is 0.704. The van der Waals surface area contributed by atoms with Crippen molar-refractivity contribution in [1.82, 2.24) is 15.5 Å². The maximum atomic E-state index is 11.5. The van der Waals surface area contributed by atoms with Crippen molar-refractivity contribution in [2.45, 2.75) is 18.4 Å². The van der Waals surface area contributed by atoms with Gasteiger partial charge < -0.3 is 20.5 Å². The first-order chi connectivity index (χ1) is 9.57. The number of nitrogens with zero attached hydrogens (tertiary/aromatic N) is 2. The van der Waals surface area contributed by atoms with E-state index >= 15 is 0 Å². The van der Waals surface area contributed by atoms with Crippen LogP contribution < -0.4 is 10.6 Å². The number of carboxylic acids is 1. The molecule has 0 aromatic carbocycles. The lowest BCUT2D eigenvalue weighted by Gasteiger charge is -2.34. The lowest BCUT2D eigenvalue weighted by Crippen LogP contribution is -2.50. The first kappa shape index (κ1) is 14.2. The molecule has 1 aromatic heterocycles. The van der Waals surface area contributed by atoms with Crippen LogP contribution in [0.5, 0.6) is 0 Å². The predicted octanol–water partition coefficient (Wildman–Crippen LogP) is -0.118. The normalized spacial score (nSPS) is 17.2. The van der Waals surface area contributed by atoms with Gasteiger partial charge in [-0.3, -0.25) is 4.79 Å². The van der Waals surface area contributed by atoms with E-state index in [4.69, 9.17) is 4.74 Å². The van der Waals surface area contributed by atoms with Gasteiger partial charge in [0, 0.05) is 33.1 Å². The maximum absolute atomic E-state index is 11.5. The molecule has 0 unspecified atom stereocenters. The predicted molar refractivity (Wildman–Crippen MR) is 69.5 cm³/mol. The summed E-state index contributed by atoms with van der Waals surface area (Å²) in [4.78, 5) is 22.8. The first-order valence-electron chi connectivity index (χ1n) is 6.22. The van der Waals surface area contributed by atoms with Crippen molar-refractivity contribution in [1.29, 1.82) is 0 Å². The molecule has 3 N–H and O–H groups in total. The Morgan fingerprint density at radius 3 is 2.50 bits per heavy atom. The number of carboxylic acid groups (broad SMARTS) is 1. The largest absolute Gasteiger partial charge is 0.480 e. The molecule has 2 heterocycles. The molecule has 2 rings (SSSR count). The molecule has 1 amide bonds. The van der Waals surface area contributed by atoms with Gasteiger partial charge in [-0.05, 0) is 12.1 Å². The number of amides is 1. The second-order valence-corrected chi connectivity index (χ2v) is 4.51. The zero-order chi connectivity index (χ0) is 14.6. The molecular weight excluding hydrogens is 264 g/mol. The van der Waals surface area contributed by atoms with Crippen LogP contribution in [0.2, 0.25) is 0 Å². The Hall–Kier alpha value is -2.22. The summed E-state index contributed by atoms with van der Waals surface area (Å²) in [6.45, 7) is 0.756. The highest BCUT2D eigenvalue weighted by molar-refractivity contribution is 5.92. The molecule has 1 aliphatic rings. The van der Waals surface area contributed by atoms with Crippen molar-refractivity contribution in [2.24, 2.45) is 0 Å². The van der Waals surface area contributed by atoms with Crippen LogP contribution in [0, 0.1) is 0 Å². The van der Waals surface area contributed by atoms with E-state index in [1.54, 1.807) is 0 Å². The van der Waals surface area contributed by atoms with Gasteiger partial charge in [0.15, 0.2) is 5.69 Å². The van der Waals surface area contributed by atoms with Crippen molar-refractivity contribution < 1.29 is 19.4 Å². The number of anilines is 1. The van der Waals surface area contributed by atoms with Gasteiger partial charge in [-0.25, -0.2) is 4.79 Å². The lowest BCUT2D eigenvalue weighted by molar-refractivity contribution is -0.145. The van der Waals surface area contributed by atoms with Crippen LogP contribution in [0.15, 0.2) is 12.1 Å². The molecule has 108 valence electrons. The van der Waals surface area contributed by atoms with Gasteiger partial charge in [-0.2, -0.15) is 0 Å². The molecule has 1 aromatic rings. The zero-order valence-electron chi connectivity index (χ0n) is 11.0. The molecule has 0 bridgehead atoms. The van der Waals surface area contributed by atoms with Crippen LogP contribution in [-0.4, -0.2) is 53.0 Å². The van der Waals surface area contributed by atoms with E-state index in [-0.39, 0.29) is 11.6 Å². The van der Waals surface area contributed by atoms with E-state index in [0.29, 0.717) is 31.9 Å². The first-order valence-corrected chi connectivity index (χ1v) is 6.22. The fourth-order valence-electron chi connectivity index (χ4n) is 2.01. The third kappa shape index (κ3) is 2.85. The summed E-state index contributed by atoms with van der Waals surface area (Å²) in [5.41, 5.74) is -0.920. The number of rotatable bonds is 4. The Balaban J connectivity index is 2.15. The van der Waals surface area contributed by atoms with Gasteiger partial charge in [0.1, 0.15) is 11.4 Å². The minimum absolute atomic E-state index is 0.175. The van der Waals surface area contributed by atoms with Crippen LogP contribution in [0.25, 0.3) is 0 Å². The SMILES string of the molecule is CNC(=O)c1ccc(NC2(C(=O)O)CCOCC2)nn1. The Bertz CT molecular complexity index is 497. The average molecular weight is 280 g/mol. The molecule has 0 aliphatic carbocycles. The molecule has 0 atom stereocenters. The van der Waals surface area contributed by atoms with Crippen molar-refractivity contribution in [3.05, 3.63) is 17.8 Å². The van der Waals surface area contributed by atoms with Gasteiger partial charge in [0.2, 0.25) is 0 Å². The molecule has 0 radical (unpaired) electrons. The van der Waals surface area contributed by atoms with E-state index in [0.717, 1.165) is 0 Å². The van der Waals surface area contributed by atoms with E-state index in [2.05, 4.69) is 20.8 Å². The number of aliphatic carboxylic acids is 1. The molecule has 1 fully saturated rings. The molecule has 8 nitrogen and oxygen atoms in total. The lowest BCUT2D eigenvalue weighted by atomic mass is 9.90. The standard InChI is InChI=1S/C12H16N4O4/c1-13-10(17)8-2-3-9(16-15-8)14-12(11(18)19)4-6-20-7-5-12/h2-3H,4-7H2,1H3,(H,13,17)(H,14,16)(H,18,19). The topological polar surface area (TPSA) is 113 Å². The van der Waals surface area contributed by atoms with Crippen molar-refractivity contribution >= 4 is 17.7 Å². The summed E-state index contributed by atoms with van der Waals surface area (Å²) in [5.74, 6) is -0.969. The molecular formula is C12H16N4O4. The summed E-state index contributed by atoms with van der Waals surface area (Å²) >= 11 is 0. The summed E-state index contributed by atoms with van der Waals surface area (Å²) in [6, 6.07) is 3.03. The fraction of sp³-hybridized carbons (Fsp3) is 0.500. The van der Waals surface area contributed by atoms with Crippen LogP contribution in [0.3, 0.4) is 0 Å². The Kier molecular flexibility index (Phi) is 4.14. The van der Waals surface area contributed by atoms with Gasteiger partial charge in [0.05, 0.1) is 0 Å². The minimum Gasteiger partial charge on any atom is -0.480 e. The van der Waals surface area contributed by atoms with E-state index < -0.39 is 11.5 Å². The third-order valence-corrected chi connectivity index (χ3v) is 3.25. The van der Waals surface area contributed by atoms with Gasteiger partial charge >= 0.3 is 5.97 Å². The molecule has 8 heteroatoms. The van der Waals surface area contributed by atoms with Crippen molar-refractivity contribution in [3.63, 3.8) is 0 Å². The van der Waals surface area contributed by atoms with Crippen molar-refractivity contribution in [2.75, 3.05) is 25.6 Å². The highest BCUT2D eigenvalue weighted by atomic mass is 16.5. The smallest absolute Gasteiger partial charge is 0.329 e. The van der Waals surface area contributed by atoms with Crippen LogP contribution in [-0.2, 0) is 9.53 Å². The third-order valence-electron chi connectivity index (χ3n) is 3.25. The zero-order valence-corrected chi connectivity index (χ0v) is 11.0. The molecule has 20 heavy (non-hydrogen) atoms. The average Bonchev–Trinajstić information content (AvgIpc) is 2.48. The van der Waals surface area contributed by atoms with E-state index in [9.17, 15) is 14.7 Å². The highest BCUT2D eigenvalue weighted by Gasteiger charge is 2.40. The monoisotopic (exact) mass is 280 g/mol. The van der Waals surface area contributed by atoms with E-state index in [1.807, 2.05) is 0 Å². The summed E-state index contributed by atoms with van der Waals surface area (Å²) in [7, 11) is 1.50. The Morgan fingerprint density at radius 2 is 2.00 bits per heavy atom. The van der Waals surface area contributed by atoms with Crippen LogP contribution in [0.1, 0.15) is 23.3 Å². The molecule has 1 saturated heterocycles. The van der Waals surface area contributed by atoms with E-state index in [1.165, 1.54) is 19.2 Å². The summed E-state index contributed by atoms with van der Waals surface area (Å²) in [6.07, 6.45) is 0.697. The maximum Gasteiger partial charge on any atom is 0.329 e. The number of nitrogens with one attached hydrogen (secondary N) is 2. The number of carbonyl (C=O) groups is 2. The molecule has 0 saturated carbocycles. The number of ether oxygens (including phenoxy) is 1. The Morgan fingerprint density at radius 1 is 1.30 bits per heavy atom. The second-order valence-electron chi connectivity index (χ2n) is 4.51.